The number of hydrogen-bond acceptors (Lipinski definition) is 4. The van der Waals surface area contributed by atoms with E-state index >= 15 is 0 Å². The molecule has 0 aliphatic rings. The van der Waals surface area contributed by atoms with E-state index in [1.165, 1.54) is 6.26 Å². The number of aromatic nitrogens is 1. The van der Waals surface area contributed by atoms with E-state index in [9.17, 15) is 8.42 Å². The molecular weight excluding hydrogens is 415 g/mol. The van der Waals surface area contributed by atoms with E-state index in [1.807, 2.05) is 25.3 Å². The van der Waals surface area contributed by atoms with Crippen LogP contribution in [0.2, 0.25) is 0 Å². The molecule has 0 spiro atoms. The van der Waals surface area contributed by atoms with Gasteiger partial charge in [-0.3, -0.25) is 9.98 Å². The minimum atomic E-state index is -2.92. The van der Waals surface area contributed by atoms with Crippen LogP contribution >= 0.6 is 24.0 Å². The van der Waals surface area contributed by atoms with Crippen molar-refractivity contribution in [3.05, 3.63) is 30.1 Å². The van der Waals surface area contributed by atoms with Crippen LogP contribution in [0.3, 0.4) is 0 Å². The molecule has 1 atom stereocenters. The molecule has 0 fully saturated rings. The van der Waals surface area contributed by atoms with Gasteiger partial charge in [0.05, 0.1) is 5.75 Å². The van der Waals surface area contributed by atoms with Crippen molar-refractivity contribution in [3.63, 3.8) is 0 Å². The Morgan fingerprint density at radius 3 is 2.73 bits per heavy atom. The summed E-state index contributed by atoms with van der Waals surface area (Å²) in [5.41, 5.74) is 1.16. The quantitative estimate of drug-likeness (QED) is 0.379. The maximum atomic E-state index is 11.1. The summed E-state index contributed by atoms with van der Waals surface area (Å²) in [6, 6.07) is 3.99. The molecule has 126 valence electrons. The number of halogens is 1. The minimum Gasteiger partial charge on any atom is -0.356 e. The van der Waals surface area contributed by atoms with Gasteiger partial charge in [0.15, 0.2) is 5.96 Å². The van der Waals surface area contributed by atoms with Crippen LogP contribution in [-0.4, -0.2) is 51.0 Å². The number of sulfone groups is 1. The van der Waals surface area contributed by atoms with Gasteiger partial charge in [-0.15, -0.1) is 24.0 Å². The minimum absolute atomic E-state index is 0. The highest BCUT2D eigenvalue weighted by Gasteiger charge is 2.09. The van der Waals surface area contributed by atoms with Crippen molar-refractivity contribution in [2.24, 2.45) is 4.99 Å². The van der Waals surface area contributed by atoms with Gasteiger partial charge in [0.2, 0.25) is 0 Å². The van der Waals surface area contributed by atoms with E-state index in [0.29, 0.717) is 12.4 Å². The number of hydrogen-bond donors (Lipinski definition) is 2. The molecule has 1 heterocycles. The van der Waals surface area contributed by atoms with Crippen molar-refractivity contribution < 1.29 is 8.42 Å². The third kappa shape index (κ3) is 9.93. The maximum Gasteiger partial charge on any atom is 0.191 e. The Kier molecular flexibility index (Phi) is 10.3. The van der Waals surface area contributed by atoms with Gasteiger partial charge in [-0.25, -0.2) is 8.42 Å². The van der Waals surface area contributed by atoms with E-state index in [2.05, 4.69) is 20.6 Å². The normalized spacial score (nSPS) is 13.1. The van der Waals surface area contributed by atoms with Crippen molar-refractivity contribution in [2.75, 3.05) is 25.6 Å². The van der Waals surface area contributed by atoms with Crippen molar-refractivity contribution in [2.45, 2.75) is 25.8 Å². The zero-order chi connectivity index (χ0) is 15.7. The van der Waals surface area contributed by atoms with Gasteiger partial charge in [-0.2, -0.15) is 0 Å². The molecule has 2 N–H and O–H groups in total. The number of aliphatic imine (C=N–C) groups is 1. The summed E-state index contributed by atoms with van der Waals surface area (Å²) in [7, 11) is -1.22. The molecular formula is C14H25IN4O2S. The zero-order valence-corrected chi connectivity index (χ0v) is 16.4. The second-order valence-corrected chi connectivity index (χ2v) is 7.33. The number of nitrogens with zero attached hydrogens (tertiary/aromatic N) is 2. The van der Waals surface area contributed by atoms with Gasteiger partial charge >= 0.3 is 0 Å². The molecule has 0 bridgehead atoms. The summed E-state index contributed by atoms with van der Waals surface area (Å²) in [4.78, 5) is 8.20. The topological polar surface area (TPSA) is 83.4 Å². The van der Waals surface area contributed by atoms with Gasteiger partial charge in [-0.05, 0) is 31.4 Å². The van der Waals surface area contributed by atoms with E-state index < -0.39 is 9.84 Å². The van der Waals surface area contributed by atoms with E-state index in [-0.39, 0.29) is 35.8 Å². The SMILES string of the molecule is CN=C(NCCc1cccnc1)NC(C)CCS(C)(=O)=O.I. The van der Waals surface area contributed by atoms with Gasteiger partial charge in [0, 0.05) is 38.3 Å². The lowest BCUT2D eigenvalue weighted by Crippen LogP contribution is -2.43. The molecule has 8 heteroatoms. The van der Waals surface area contributed by atoms with Crippen LogP contribution in [-0.2, 0) is 16.3 Å². The van der Waals surface area contributed by atoms with Gasteiger partial charge < -0.3 is 10.6 Å². The Morgan fingerprint density at radius 1 is 1.45 bits per heavy atom. The Bertz CT molecular complexity index is 549. The molecule has 0 aliphatic carbocycles. The first-order chi connectivity index (χ1) is 9.90. The lowest BCUT2D eigenvalue weighted by atomic mass is 10.2. The standard InChI is InChI=1S/C14H24N4O2S.HI/c1-12(7-10-21(3,19)20)18-14(15-2)17-9-6-13-5-4-8-16-11-13;/h4-5,8,11-12H,6-7,9-10H2,1-3H3,(H2,15,17,18);1H. The van der Waals surface area contributed by atoms with Crippen molar-refractivity contribution in [3.8, 4) is 0 Å². The summed E-state index contributed by atoms with van der Waals surface area (Å²) in [6.07, 6.45) is 6.25. The molecule has 1 aromatic rings. The molecule has 22 heavy (non-hydrogen) atoms. The molecule has 1 rings (SSSR count). The summed E-state index contributed by atoms with van der Waals surface area (Å²) >= 11 is 0. The molecule has 6 nitrogen and oxygen atoms in total. The first kappa shape index (κ1) is 21.1. The lowest BCUT2D eigenvalue weighted by molar-refractivity contribution is 0.581. The molecule has 0 saturated carbocycles. The van der Waals surface area contributed by atoms with Crippen molar-refractivity contribution >= 4 is 39.8 Å². The third-order valence-corrected chi connectivity index (χ3v) is 3.93. The van der Waals surface area contributed by atoms with E-state index in [0.717, 1.165) is 18.5 Å². The number of rotatable bonds is 7. The van der Waals surface area contributed by atoms with Crippen LogP contribution in [0.25, 0.3) is 0 Å². The molecule has 0 aromatic carbocycles. The first-order valence-corrected chi connectivity index (χ1v) is 9.00. The highest BCUT2D eigenvalue weighted by Crippen LogP contribution is 1.97. The Hall–Kier alpha value is -0.900. The van der Waals surface area contributed by atoms with Crippen LogP contribution in [0.5, 0.6) is 0 Å². The average molecular weight is 440 g/mol. The molecule has 0 amide bonds. The van der Waals surface area contributed by atoms with Crippen LogP contribution in [0.15, 0.2) is 29.5 Å². The van der Waals surface area contributed by atoms with Crippen LogP contribution in [0.1, 0.15) is 18.9 Å². The highest BCUT2D eigenvalue weighted by molar-refractivity contribution is 14.0. The van der Waals surface area contributed by atoms with Gasteiger partial charge in [0.1, 0.15) is 9.84 Å². The van der Waals surface area contributed by atoms with Crippen molar-refractivity contribution in [1.29, 1.82) is 0 Å². The maximum absolute atomic E-state index is 11.1. The lowest BCUT2D eigenvalue weighted by Gasteiger charge is -2.17. The molecule has 1 aromatic heterocycles. The molecule has 0 saturated heterocycles. The summed E-state index contributed by atoms with van der Waals surface area (Å²) in [6.45, 7) is 2.68. The fraction of sp³-hybridized carbons (Fsp3) is 0.571. The number of guanidine groups is 1. The average Bonchev–Trinajstić information content (AvgIpc) is 2.44. The smallest absolute Gasteiger partial charge is 0.191 e. The predicted molar refractivity (Wildman–Crippen MR) is 102 cm³/mol. The van der Waals surface area contributed by atoms with Gasteiger partial charge in [-0.1, -0.05) is 6.07 Å². The Labute approximate surface area is 150 Å². The Morgan fingerprint density at radius 2 is 2.18 bits per heavy atom. The van der Waals surface area contributed by atoms with E-state index in [1.54, 1.807) is 13.2 Å². The summed E-state index contributed by atoms with van der Waals surface area (Å²) in [5.74, 6) is 0.855. The Balaban J connectivity index is 0.00000441. The van der Waals surface area contributed by atoms with Crippen LogP contribution in [0.4, 0.5) is 0 Å². The fourth-order valence-electron chi connectivity index (χ4n) is 1.76. The first-order valence-electron chi connectivity index (χ1n) is 6.94. The predicted octanol–water partition coefficient (Wildman–Crippen LogP) is 1.23. The summed E-state index contributed by atoms with van der Waals surface area (Å²) < 4.78 is 22.3. The second kappa shape index (κ2) is 10.8. The number of pyridine rings is 1. The molecule has 0 radical (unpaired) electrons. The third-order valence-electron chi connectivity index (χ3n) is 2.96. The summed E-state index contributed by atoms with van der Waals surface area (Å²) in [5, 5.41) is 6.39. The zero-order valence-electron chi connectivity index (χ0n) is 13.2. The van der Waals surface area contributed by atoms with Crippen LogP contribution in [0, 0.1) is 0 Å². The van der Waals surface area contributed by atoms with E-state index in [4.69, 9.17) is 0 Å². The molecule has 0 aliphatic heterocycles. The highest BCUT2D eigenvalue weighted by atomic mass is 127. The monoisotopic (exact) mass is 440 g/mol. The fourth-order valence-corrected chi connectivity index (χ4v) is 2.54. The number of nitrogens with one attached hydrogen (secondary N) is 2. The largest absolute Gasteiger partial charge is 0.356 e. The van der Waals surface area contributed by atoms with Gasteiger partial charge in [0.25, 0.3) is 0 Å². The van der Waals surface area contributed by atoms with Crippen molar-refractivity contribution in [1.82, 2.24) is 15.6 Å². The second-order valence-electron chi connectivity index (χ2n) is 5.07. The van der Waals surface area contributed by atoms with Crippen LogP contribution < -0.4 is 10.6 Å². The molecule has 1 unspecified atom stereocenters.